The van der Waals surface area contributed by atoms with Gasteiger partial charge < -0.3 is 5.32 Å². The fourth-order valence-corrected chi connectivity index (χ4v) is 2.98. The molecule has 1 atom stereocenters. The Morgan fingerprint density at radius 2 is 2.29 bits per heavy atom. The summed E-state index contributed by atoms with van der Waals surface area (Å²) in [6.45, 7) is 6.42. The predicted molar refractivity (Wildman–Crippen MR) is 78.4 cm³/mol. The molecule has 0 spiro atoms. The van der Waals surface area contributed by atoms with Gasteiger partial charge in [-0.05, 0) is 38.0 Å². The normalized spacial score (nSPS) is 23.6. The minimum absolute atomic E-state index is 0.0727. The van der Waals surface area contributed by atoms with E-state index < -0.39 is 0 Å². The number of hydrogen-bond acceptors (Lipinski definition) is 3. The number of rotatable bonds is 2. The fraction of sp³-hybridized carbons (Fsp3) is 0.462. The van der Waals surface area contributed by atoms with Gasteiger partial charge in [0.2, 0.25) is 0 Å². The van der Waals surface area contributed by atoms with Crippen LogP contribution >= 0.6 is 23.4 Å². The highest BCUT2D eigenvalue weighted by molar-refractivity contribution is 8.14. The lowest BCUT2D eigenvalue weighted by Gasteiger charge is -2.15. The van der Waals surface area contributed by atoms with Gasteiger partial charge in [-0.3, -0.25) is 4.99 Å². The SMILES string of the molecule is CCC1(C)CSC(Nc2cc(C)ccc2Cl)=N1. The maximum absolute atomic E-state index is 6.15. The third kappa shape index (κ3) is 2.96. The van der Waals surface area contributed by atoms with E-state index in [1.54, 1.807) is 11.8 Å². The van der Waals surface area contributed by atoms with Gasteiger partial charge in [-0.2, -0.15) is 0 Å². The summed E-state index contributed by atoms with van der Waals surface area (Å²) in [6, 6.07) is 5.97. The third-order valence-electron chi connectivity index (χ3n) is 3.02. The van der Waals surface area contributed by atoms with Crippen molar-refractivity contribution in [2.75, 3.05) is 11.1 Å². The van der Waals surface area contributed by atoms with Crippen LogP contribution in [0.15, 0.2) is 23.2 Å². The standard InChI is InChI=1S/C13H17ClN2S/c1-4-13(3)8-17-12(16-13)15-11-7-9(2)5-6-10(11)14/h5-7H,4,8H2,1-3H3,(H,15,16). The van der Waals surface area contributed by atoms with E-state index in [0.717, 1.165) is 28.1 Å². The van der Waals surface area contributed by atoms with Crippen molar-refractivity contribution in [3.63, 3.8) is 0 Å². The van der Waals surface area contributed by atoms with E-state index in [-0.39, 0.29) is 5.54 Å². The molecule has 1 aromatic rings. The van der Waals surface area contributed by atoms with E-state index in [4.69, 9.17) is 16.6 Å². The number of nitrogens with one attached hydrogen (secondary N) is 1. The largest absolute Gasteiger partial charge is 0.334 e. The van der Waals surface area contributed by atoms with Gasteiger partial charge in [-0.1, -0.05) is 36.4 Å². The number of amidine groups is 1. The van der Waals surface area contributed by atoms with Crippen LogP contribution in [-0.4, -0.2) is 16.5 Å². The number of benzene rings is 1. The Morgan fingerprint density at radius 3 is 2.94 bits per heavy atom. The van der Waals surface area contributed by atoms with Gasteiger partial charge in [-0.15, -0.1) is 0 Å². The minimum Gasteiger partial charge on any atom is -0.334 e. The molecule has 1 N–H and O–H groups in total. The van der Waals surface area contributed by atoms with Crippen LogP contribution in [0.25, 0.3) is 0 Å². The van der Waals surface area contributed by atoms with E-state index in [9.17, 15) is 0 Å². The molecular weight excluding hydrogens is 252 g/mol. The fourth-order valence-electron chi connectivity index (χ4n) is 1.63. The van der Waals surface area contributed by atoms with Crippen molar-refractivity contribution >= 4 is 34.2 Å². The smallest absolute Gasteiger partial charge is 0.161 e. The lowest BCUT2D eigenvalue weighted by molar-refractivity contribution is 0.523. The van der Waals surface area contributed by atoms with Crippen LogP contribution in [-0.2, 0) is 0 Å². The molecule has 0 amide bonds. The van der Waals surface area contributed by atoms with Crippen LogP contribution < -0.4 is 5.32 Å². The molecule has 1 heterocycles. The number of aliphatic imine (C=N–C) groups is 1. The molecule has 2 rings (SSSR count). The molecule has 0 bridgehead atoms. The molecule has 4 heteroatoms. The van der Waals surface area contributed by atoms with Gasteiger partial charge in [0.05, 0.1) is 16.2 Å². The van der Waals surface area contributed by atoms with Gasteiger partial charge in [-0.25, -0.2) is 0 Å². The molecule has 17 heavy (non-hydrogen) atoms. The first-order valence-electron chi connectivity index (χ1n) is 5.78. The summed E-state index contributed by atoms with van der Waals surface area (Å²) < 4.78 is 0. The van der Waals surface area contributed by atoms with Crippen LogP contribution in [0.1, 0.15) is 25.8 Å². The highest BCUT2D eigenvalue weighted by Crippen LogP contribution is 2.32. The van der Waals surface area contributed by atoms with Gasteiger partial charge in [0.15, 0.2) is 5.17 Å². The van der Waals surface area contributed by atoms with Crippen molar-refractivity contribution in [3.05, 3.63) is 28.8 Å². The van der Waals surface area contributed by atoms with E-state index in [0.29, 0.717) is 0 Å². The Morgan fingerprint density at radius 1 is 1.53 bits per heavy atom. The summed E-state index contributed by atoms with van der Waals surface area (Å²) in [5.74, 6) is 1.04. The number of nitrogens with zero attached hydrogens (tertiary/aromatic N) is 1. The molecule has 1 aliphatic rings. The Bertz CT molecular complexity index is 459. The molecule has 0 fully saturated rings. The van der Waals surface area contributed by atoms with Crippen molar-refractivity contribution in [2.24, 2.45) is 4.99 Å². The van der Waals surface area contributed by atoms with Gasteiger partial charge in [0.25, 0.3) is 0 Å². The van der Waals surface area contributed by atoms with E-state index >= 15 is 0 Å². The Labute approximate surface area is 112 Å². The summed E-state index contributed by atoms with van der Waals surface area (Å²) in [4.78, 5) is 4.71. The van der Waals surface area contributed by atoms with Gasteiger partial charge >= 0.3 is 0 Å². The first-order chi connectivity index (χ1) is 8.02. The van der Waals surface area contributed by atoms with E-state index in [1.165, 1.54) is 5.56 Å². The summed E-state index contributed by atoms with van der Waals surface area (Å²) in [6.07, 6.45) is 1.06. The van der Waals surface area contributed by atoms with Gasteiger partial charge in [0.1, 0.15) is 0 Å². The molecule has 0 aliphatic carbocycles. The Hall–Kier alpha value is -0.670. The lowest BCUT2D eigenvalue weighted by Crippen LogP contribution is -2.20. The summed E-state index contributed by atoms with van der Waals surface area (Å²) >= 11 is 7.92. The molecular formula is C13H17ClN2S. The van der Waals surface area contributed by atoms with Crippen LogP contribution in [0.2, 0.25) is 5.02 Å². The van der Waals surface area contributed by atoms with Crippen molar-refractivity contribution in [3.8, 4) is 0 Å². The Kier molecular flexibility index (Phi) is 3.69. The quantitative estimate of drug-likeness (QED) is 0.863. The van der Waals surface area contributed by atoms with Crippen LogP contribution in [0.3, 0.4) is 0 Å². The summed E-state index contributed by atoms with van der Waals surface area (Å²) in [5, 5.41) is 5.03. The van der Waals surface area contributed by atoms with Crippen molar-refractivity contribution < 1.29 is 0 Å². The molecule has 1 aliphatic heterocycles. The summed E-state index contributed by atoms with van der Waals surface area (Å²) in [5.41, 5.74) is 2.21. The van der Waals surface area contributed by atoms with Crippen molar-refractivity contribution in [1.29, 1.82) is 0 Å². The second kappa shape index (κ2) is 4.91. The second-order valence-corrected chi connectivity index (χ2v) is 6.04. The average Bonchev–Trinajstić information content (AvgIpc) is 2.67. The number of thioether (sulfide) groups is 1. The molecule has 1 unspecified atom stereocenters. The van der Waals surface area contributed by atoms with E-state index in [2.05, 4.69) is 26.1 Å². The molecule has 0 saturated heterocycles. The molecule has 92 valence electrons. The van der Waals surface area contributed by atoms with E-state index in [1.807, 2.05) is 18.2 Å². The molecule has 1 aromatic carbocycles. The zero-order valence-electron chi connectivity index (χ0n) is 10.4. The zero-order valence-corrected chi connectivity index (χ0v) is 12.0. The minimum atomic E-state index is 0.0727. The maximum atomic E-state index is 6.15. The van der Waals surface area contributed by atoms with Crippen molar-refractivity contribution in [1.82, 2.24) is 0 Å². The number of anilines is 1. The van der Waals surface area contributed by atoms with Crippen LogP contribution in [0.4, 0.5) is 5.69 Å². The van der Waals surface area contributed by atoms with Crippen LogP contribution in [0.5, 0.6) is 0 Å². The highest BCUT2D eigenvalue weighted by atomic mass is 35.5. The molecule has 2 nitrogen and oxygen atoms in total. The topological polar surface area (TPSA) is 24.4 Å². The lowest BCUT2D eigenvalue weighted by atomic mass is 10.0. The first-order valence-corrected chi connectivity index (χ1v) is 7.14. The predicted octanol–water partition coefficient (Wildman–Crippen LogP) is 4.33. The molecule has 0 radical (unpaired) electrons. The first kappa shape index (κ1) is 12.8. The number of halogens is 1. The number of hydrogen-bond donors (Lipinski definition) is 1. The molecule has 0 aromatic heterocycles. The van der Waals surface area contributed by atoms with Gasteiger partial charge in [0, 0.05) is 5.75 Å². The monoisotopic (exact) mass is 268 g/mol. The number of aryl methyl sites for hydroxylation is 1. The zero-order chi connectivity index (χ0) is 12.5. The summed E-state index contributed by atoms with van der Waals surface area (Å²) in [7, 11) is 0. The highest BCUT2D eigenvalue weighted by Gasteiger charge is 2.28. The Balaban J connectivity index is 2.17. The average molecular weight is 269 g/mol. The van der Waals surface area contributed by atoms with Crippen molar-refractivity contribution in [2.45, 2.75) is 32.7 Å². The third-order valence-corrected chi connectivity index (χ3v) is 4.58. The maximum Gasteiger partial charge on any atom is 0.161 e. The van der Waals surface area contributed by atoms with Crippen LogP contribution in [0, 0.1) is 6.92 Å². The molecule has 0 saturated carbocycles. The second-order valence-electron chi connectivity index (χ2n) is 4.66.